The van der Waals surface area contributed by atoms with Gasteiger partial charge in [0.15, 0.2) is 0 Å². The molecule has 2 aromatic rings. The molecule has 17 heavy (non-hydrogen) atoms. The summed E-state index contributed by atoms with van der Waals surface area (Å²) in [6, 6.07) is 0. The zero-order valence-corrected chi connectivity index (χ0v) is 11.5. The van der Waals surface area contributed by atoms with Gasteiger partial charge in [-0.05, 0) is 27.9 Å². The predicted octanol–water partition coefficient (Wildman–Crippen LogP) is 1.39. The lowest BCUT2D eigenvalue weighted by atomic mass is 10.3. The molecule has 0 aliphatic heterocycles. The van der Waals surface area contributed by atoms with E-state index < -0.39 is 0 Å². The van der Waals surface area contributed by atoms with E-state index in [9.17, 15) is 0 Å². The van der Waals surface area contributed by atoms with Crippen molar-refractivity contribution in [2.45, 2.75) is 18.9 Å². The minimum atomic E-state index is 0.681. The molecule has 5 nitrogen and oxygen atoms in total. The molecule has 92 valence electrons. The van der Waals surface area contributed by atoms with Gasteiger partial charge in [-0.15, -0.1) is 11.8 Å². The first kappa shape index (κ1) is 12.3. The summed E-state index contributed by atoms with van der Waals surface area (Å²) in [7, 11) is 4.16. The van der Waals surface area contributed by atoms with Crippen LogP contribution in [0.15, 0.2) is 11.4 Å². The zero-order valence-electron chi connectivity index (χ0n) is 10.6. The summed E-state index contributed by atoms with van der Waals surface area (Å²) < 4.78 is 1.82. The minimum Gasteiger partial charge on any atom is -0.309 e. The third-order valence-corrected chi connectivity index (χ3v) is 3.77. The van der Waals surface area contributed by atoms with Crippen molar-refractivity contribution in [1.29, 1.82) is 0 Å². The van der Waals surface area contributed by atoms with Gasteiger partial charge in [0.2, 0.25) is 0 Å². The van der Waals surface area contributed by atoms with Gasteiger partial charge in [0.05, 0.1) is 0 Å². The van der Waals surface area contributed by atoms with Crippen molar-refractivity contribution in [2.75, 3.05) is 26.4 Å². The van der Waals surface area contributed by atoms with Crippen LogP contribution in [0.1, 0.15) is 11.3 Å². The average molecular weight is 251 g/mol. The summed E-state index contributed by atoms with van der Waals surface area (Å²) >= 11 is 1.80. The Bertz CT molecular complexity index is 520. The fourth-order valence-corrected chi connectivity index (χ4v) is 2.76. The Morgan fingerprint density at radius 2 is 2.12 bits per heavy atom. The third-order valence-electron chi connectivity index (χ3n) is 2.63. The summed E-state index contributed by atoms with van der Waals surface area (Å²) in [6.45, 7) is 5.14. The molecule has 0 fully saturated rings. The molecule has 0 amide bonds. The molecular weight excluding hydrogens is 234 g/mol. The number of nitrogens with zero attached hydrogens (tertiary/aromatic N) is 5. The van der Waals surface area contributed by atoms with Crippen LogP contribution in [0, 0.1) is 13.8 Å². The maximum Gasteiger partial charge on any atom is 0.253 e. The van der Waals surface area contributed by atoms with E-state index in [0.29, 0.717) is 5.78 Å². The fourth-order valence-electron chi connectivity index (χ4n) is 1.50. The molecule has 0 aromatic carbocycles. The van der Waals surface area contributed by atoms with Gasteiger partial charge in [-0.3, -0.25) is 0 Å². The molecule has 0 bridgehead atoms. The Hall–Kier alpha value is -1.14. The first-order valence-corrected chi connectivity index (χ1v) is 6.52. The Kier molecular flexibility index (Phi) is 3.63. The van der Waals surface area contributed by atoms with Crippen LogP contribution in [0.25, 0.3) is 5.78 Å². The van der Waals surface area contributed by atoms with Gasteiger partial charge in [-0.25, -0.2) is 4.98 Å². The monoisotopic (exact) mass is 251 g/mol. The average Bonchev–Trinajstić information content (AvgIpc) is 2.70. The number of hydrogen-bond acceptors (Lipinski definition) is 5. The van der Waals surface area contributed by atoms with E-state index in [0.717, 1.165) is 23.0 Å². The van der Waals surface area contributed by atoms with E-state index in [2.05, 4.69) is 41.0 Å². The highest BCUT2D eigenvalue weighted by Gasteiger charge is 2.11. The lowest BCUT2D eigenvalue weighted by Gasteiger charge is -2.12. The largest absolute Gasteiger partial charge is 0.309 e. The Balaban J connectivity index is 2.30. The molecule has 6 heteroatoms. The first-order valence-electron chi connectivity index (χ1n) is 5.54. The Morgan fingerprint density at radius 3 is 2.82 bits per heavy atom. The molecule has 0 aliphatic rings. The van der Waals surface area contributed by atoms with Crippen LogP contribution >= 0.6 is 11.8 Å². The van der Waals surface area contributed by atoms with Gasteiger partial charge >= 0.3 is 0 Å². The normalized spacial score (nSPS) is 11.6. The number of rotatable bonds is 4. The van der Waals surface area contributed by atoms with Crippen LogP contribution in [0.5, 0.6) is 0 Å². The summed E-state index contributed by atoms with van der Waals surface area (Å²) in [5, 5.41) is 5.37. The first-order chi connectivity index (χ1) is 8.09. The van der Waals surface area contributed by atoms with E-state index in [-0.39, 0.29) is 0 Å². The molecule has 0 unspecified atom stereocenters. The molecule has 2 heterocycles. The van der Waals surface area contributed by atoms with Crippen molar-refractivity contribution in [3.05, 3.63) is 17.6 Å². The molecule has 0 radical (unpaired) electrons. The summed E-state index contributed by atoms with van der Waals surface area (Å²) in [5.74, 6) is 1.71. The van der Waals surface area contributed by atoms with Gasteiger partial charge in [0.1, 0.15) is 11.4 Å². The van der Waals surface area contributed by atoms with Crippen molar-refractivity contribution >= 4 is 17.5 Å². The van der Waals surface area contributed by atoms with Crippen molar-refractivity contribution in [3.63, 3.8) is 0 Å². The molecule has 0 spiro atoms. The highest BCUT2D eigenvalue weighted by Crippen LogP contribution is 2.23. The lowest BCUT2D eigenvalue weighted by Crippen LogP contribution is -2.15. The lowest BCUT2D eigenvalue weighted by molar-refractivity contribution is 0.437. The number of aromatic nitrogens is 4. The van der Waals surface area contributed by atoms with Crippen molar-refractivity contribution in [1.82, 2.24) is 24.5 Å². The van der Waals surface area contributed by atoms with Crippen LogP contribution in [-0.2, 0) is 0 Å². The molecule has 2 aromatic heterocycles. The van der Waals surface area contributed by atoms with Gasteiger partial charge in [0.25, 0.3) is 5.78 Å². The smallest absolute Gasteiger partial charge is 0.253 e. The quantitative estimate of drug-likeness (QED) is 0.607. The number of thioether (sulfide) groups is 1. The second-order valence-corrected chi connectivity index (χ2v) is 5.33. The maximum atomic E-state index is 4.40. The maximum absolute atomic E-state index is 4.40. The molecule has 0 saturated heterocycles. The fraction of sp³-hybridized carbons (Fsp3) is 0.545. The summed E-state index contributed by atoms with van der Waals surface area (Å²) in [6.07, 6.45) is 1.55. The number of hydrogen-bond donors (Lipinski definition) is 0. The van der Waals surface area contributed by atoms with Crippen molar-refractivity contribution in [3.8, 4) is 0 Å². The van der Waals surface area contributed by atoms with Crippen molar-refractivity contribution in [2.24, 2.45) is 0 Å². The van der Waals surface area contributed by atoms with E-state index in [4.69, 9.17) is 0 Å². The van der Waals surface area contributed by atoms with Crippen LogP contribution in [0.2, 0.25) is 0 Å². The highest BCUT2D eigenvalue weighted by atomic mass is 32.2. The standard InChI is InChI=1S/C11H17N5S/c1-8-9(2)14-11-12-7-13-16(11)10(8)17-6-5-15(3)4/h7H,5-6H2,1-4H3. The van der Waals surface area contributed by atoms with Gasteiger partial charge < -0.3 is 4.90 Å². The Morgan fingerprint density at radius 1 is 1.35 bits per heavy atom. The van der Waals surface area contributed by atoms with Crippen LogP contribution < -0.4 is 0 Å². The SMILES string of the molecule is Cc1nc2ncnn2c(SCCN(C)C)c1C. The molecular formula is C11H17N5S. The highest BCUT2D eigenvalue weighted by molar-refractivity contribution is 7.99. The minimum absolute atomic E-state index is 0.681. The van der Waals surface area contributed by atoms with Gasteiger partial charge in [-0.1, -0.05) is 0 Å². The number of aryl methyl sites for hydroxylation is 1. The molecule has 0 aliphatic carbocycles. The van der Waals surface area contributed by atoms with E-state index in [1.807, 2.05) is 11.4 Å². The molecule has 2 rings (SSSR count). The predicted molar refractivity (Wildman–Crippen MR) is 69.5 cm³/mol. The van der Waals surface area contributed by atoms with Gasteiger partial charge in [0, 0.05) is 23.6 Å². The Labute approximate surface area is 105 Å². The van der Waals surface area contributed by atoms with E-state index in [1.165, 1.54) is 5.56 Å². The second kappa shape index (κ2) is 5.01. The van der Waals surface area contributed by atoms with E-state index >= 15 is 0 Å². The topological polar surface area (TPSA) is 46.3 Å². The summed E-state index contributed by atoms with van der Waals surface area (Å²) in [5.41, 5.74) is 2.21. The van der Waals surface area contributed by atoms with Gasteiger partial charge in [-0.2, -0.15) is 14.6 Å². The second-order valence-electron chi connectivity index (χ2n) is 4.25. The van der Waals surface area contributed by atoms with Crippen LogP contribution in [0.3, 0.4) is 0 Å². The van der Waals surface area contributed by atoms with E-state index in [1.54, 1.807) is 18.1 Å². The molecule has 0 atom stereocenters. The zero-order chi connectivity index (χ0) is 12.4. The van der Waals surface area contributed by atoms with Crippen molar-refractivity contribution < 1.29 is 0 Å². The van der Waals surface area contributed by atoms with Crippen LogP contribution in [-0.4, -0.2) is 50.9 Å². The summed E-state index contributed by atoms with van der Waals surface area (Å²) in [4.78, 5) is 10.7. The van der Waals surface area contributed by atoms with Crippen LogP contribution in [0.4, 0.5) is 0 Å². The molecule has 0 saturated carbocycles. The molecule has 0 N–H and O–H groups in total. The number of fused-ring (bicyclic) bond motifs is 1. The third kappa shape index (κ3) is 2.58.